The Morgan fingerprint density at radius 3 is 2.52 bits per heavy atom. The molecule has 148 valence electrons. The van der Waals surface area contributed by atoms with Crippen molar-refractivity contribution in [3.05, 3.63) is 35.9 Å². The van der Waals surface area contributed by atoms with Crippen molar-refractivity contribution in [1.29, 1.82) is 0 Å². The van der Waals surface area contributed by atoms with E-state index in [1.807, 2.05) is 4.90 Å². The summed E-state index contributed by atoms with van der Waals surface area (Å²) < 4.78 is 0. The monoisotopic (exact) mass is 369 g/mol. The van der Waals surface area contributed by atoms with Crippen molar-refractivity contribution in [2.24, 2.45) is 11.8 Å². The van der Waals surface area contributed by atoms with Gasteiger partial charge in [0.2, 0.25) is 5.91 Å². The van der Waals surface area contributed by atoms with Crippen molar-refractivity contribution in [3.63, 3.8) is 0 Å². The van der Waals surface area contributed by atoms with Crippen LogP contribution in [-0.2, 0) is 4.79 Å². The number of hydrogen-bond donors (Lipinski definition) is 1. The first-order valence-electron chi connectivity index (χ1n) is 11.1. The number of nitrogens with one attached hydrogen (secondary N) is 1. The third-order valence-corrected chi connectivity index (χ3v) is 6.83. The molecule has 1 N–H and O–H groups in total. The van der Waals surface area contributed by atoms with Gasteiger partial charge in [0, 0.05) is 32.6 Å². The summed E-state index contributed by atoms with van der Waals surface area (Å²) in [6.45, 7) is 7.23. The molecule has 3 fully saturated rings. The van der Waals surface area contributed by atoms with Crippen molar-refractivity contribution >= 4 is 5.91 Å². The molecule has 1 aromatic rings. The Kier molecular flexibility index (Phi) is 6.46. The molecule has 3 aliphatic rings. The molecule has 2 atom stereocenters. The molecule has 1 aliphatic carbocycles. The van der Waals surface area contributed by atoms with Gasteiger partial charge in [-0.05, 0) is 75.1 Å². The van der Waals surface area contributed by atoms with Crippen LogP contribution in [0.25, 0.3) is 0 Å². The summed E-state index contributed by atoms with van der Waals surface area (Å²) in [6, 6.07) is 11.1. The van der Waals surface area contributed by atoms with Gasteiger partial charge in [0.25, 0.3) is 0 Å². The molecule has 1 saturated carbocycles. The normalized spacial score (nSPS) is 26.9. The zero-order valence-electron chi connectivity index (χ0n) is 16.6. The van der Waals surface area contributed by atoms with Crippen LogP contribution < -0.4 is 5.32 Å². The topological polar surface area (TPSA) is 35.6 Å². The summed E-state index contributed by atoms with van der Waals surface area (Å²) >= 11 is 0. The fourth-order valence-corrected chi connectivity index (χ4v) is 5.02. The largest absolute Gasteiger partial charge is 0.340 e. The van der Waals surface area contributed by atoms with Crippen LogP contribution in [0.15, 0.2) is 30.3 Å². The molecule has 4 heteroatoms. The number of carbonyl (C=O) groups is 1. The highest BCUT2D eigenvalue weighted by atomic mass is 16.2. The molecule has 1 amide bonds. The highest BCUT2D eigenvalue weighted by Crippen LogP contribution is 2.51. The van der Waals surface area contributed by atoms with Gasteiger partial charge in [-0.2, -0.15) is 0 Å². The summed E-state index contributed by atoms with van der Waals surface area (Å²) in [4.78, 5) is 16.9. The quantitative estimate of drug-likeness (QED) is 0.802. The van der Waals surface area contributed by atoms with E-state index in [-0.39, 0.29) is 0 Å². The second-order valence-corrected chi connectivity index (χ2v) is 8.77. The summed E-state index contributed by atoms with van der Waals surface area (Å²) in [7, 11) is 0. The number of piperazine rings is 1. The van der Waals surface area contributed by atoms with Gasteiger partial charge in [-0.1, -0.05) is 30.3 Å². The molecule has 2 aliphatic heterocycles. The lowest BCUT2D eigenvalue weighted by Gasteiger charge is -2.32. The van der Waals surface area contributed by atoms with E-state index < -0.39 is 0 Å². The minimum atomic E-state index is 0.354. The molecule has 4 nitrogen and oxygen atoms in total. The number of carbonyl (C=O) groups excluding carboxylic acids is 1. The van der Waals surface area contributed by atoms with Gasteiger partial charge < -0.3 is 15.1 Å². The van der Waals surface area contributed by atoms with Crippen LogP contribution in [0.5, 0.6) is 0 Å². The number of benzene rings is 1. The number of hydrogen-bond acceptors (Lipinski definition) is 3. The molecular formula is C23H35N3O. The second-order valence-electron chi connectivity index (χ2n) is 8.77. The van der Waals surface area contributed by atoms with Crippen LogP contribution in [0, 0.1) is 11.8 Å². The predicted octanol–water partition coefficient (Wildman–Crippen LogP) is 3.10. The van der Waals surface area contributed by atoms with Gasteiger partial charge >= 0.3 is 0 Å². The van der Waals surface area contributed by atoms with Gasteiger partial charge in [0.05, 0.1) is 0 Å². The lowest BCUT2D eigenvalue weighted by Crippen LogP contribution is -2.46. The zero-order valence-corrected chi connectivity index (χ0v) is 16.6. The number of likely N-dealkylation sites (tertiary alicyclic amines) is 1. The van der Waals surface area contributed by atoms with Crippen molar-refractivity contribution in [1.82, 2.24) is 15.1 Å². The molecule has 2 saturated heterocycles. The Labute approximate surface area is 164 Å². The minimum absolute atomic E-state index is 0.354. The van der Waals surface area contributed by atoms with Crippen molar-refractivity contribution in [3.8, 4) is 0 Å². The molecule has 0 unspecified atom stereocenters. The van der Waals surface area contributed by atoms with Gasteiger partial charge in [0.15, 0.2) is 0 Å². The standard InChI is InChI=1S/C23H35N3O/c27-23(26-15-10-24-11-16-26)7-4-12-25-13-8-19(9-14-25)17-21-18-22(21)20-5-2-1-3-6-20/h1-3,5-6,19,21-22,24H,4,7-18H2/t21-,22+/m1/s1. The molecule has 0 spiro atoms. The van der Waals surface area contributed by atoms with Gasteiger partial charge in [0.1, 0.15) is 0 Å². The Morgan fingerprint density at radius 1 is 1.04 bits per heavy atom. The maximum Gasteiger partial charge on any atom is 0.222 e. The van der Waals surface area contributed by atoms with Gasteiger partial charge in [-0.3, -0.25) is 4.79 Å². The zero-order chi connectivity index (χ0) is 18.5. The molecule has 0 aromatic heterocycles. The summed E-state index contributed by atoms with van der Waals surface area (Å²) in [5, 5.41) is 3.31. The van der Waals surface area contributed by atoms with Crippen LogP contribution in [-0.4, -0.2) is 61.5 Å². The van der Waals surface area contributed by atoms with Crippen LogP contribution >= 0.6 is 0 Å². The fraction of sp³-hybridized carbons (Fsp3) is 0.696. The maximum atomic E-state index is 12.2. The molecule has 27 heavy (non-hydrogen) atoms. The lowest BCUT2D eigenvalue weighted by molar-refractivity contribution is -0.131. The van der Waals surface area contributed by atoms with E-state index in [1.54, 1.807) is 5.56 Å². The average molecular weight is 370 g/mol. The van der Waals surface area contributed by atoms with E-state index >= 15 is 0 Å². The van der Waals surface area contributed by atoms with Gasteiger partial charge in [-0.15, -0.1) is 0 Å². The Balaban J connectivity index is 1.09. The molecule has 0 radical (unpaired) electrons. The first-order chi connectivity index (χ1) is 13.3. The highest BCUT2D eigenvalue weighted by molar-refractivity contribution is 5.76. The first kappa shape index (κ1) is 18.9. The van der Waals surface area contributed by atoms with E-state index in [0.29, 0.717) is 5.91 Å². The minimum Gasteiger partial charge on any atom is -0.340 e. The van der Waals surface area contributed by atoms with E-state index in [4.69, 9.17) is 0 Å². The molecule has 1 aromatic carbocycles. The number of rotatable bonds is 7. The van der Waals surface area contributed by atoms with Crippen molar-refractivity contribution in [2.45, 2.75) is 44.4 Å². The Bertz CT molecular complexity index is 591. The van der Waals surface area contributed by atoms with E-state index in [0.717, 1.165) is 63.3 Å². The van der Waals surface area contributed by atoms with Crippen LogP contribution in [0.2, 0.25) is 0 Å². The fourth-order valence-electron chi connectivity index (χ4n) is 5.02. The second kappa shape index (κ2) is 9.20. The van der Waals surface area contributed by atoms with Gasteiger partial charge in [-0.25, -0.2) is 0 Å². The summed E-state index contributed by atoms with van der Waals surface area (Å²) in [5.41, 5.74) is 1.55. The average Bonchev–Trinajstić information content (AvgIpc) is 3.50. The number of piperidine rings is 1. The van der Waals surface area contributed by atoms with Crippen LogP contribution in [0.1, 0.15) is 50.0 Å². The molecule has 2 heterocycles. The molecule has 4 rings (SSSR count). The maximum absolute atomic E-state index is 12.2. The molecule has 0 bridgehead atoms. The summed E-state index contributed by atoms with van der Waals surface area (Å²) in [6.07, 6.45) is 7.27. The lowest BCUT2D eigenvalue weighted by atomic mass is 9.90. The van der Waals surface area contributed by atoms with Crippen LogP contribution in [0.4, 0.5) is 0 Å². The number of amides is 1. The first-order valence-corrected chi connectivity index (χ1v) is 11.1. The van der Waals surface area contributed by atoms with E-state index in [2.05, 4.69) is 40.5 Å². The van der Waals surface area contributed by atoms with Crippen molar-refractivity contribution in [2.75, 3.05) is 45.8 Å². The highest BCUT2D eigenvalue weighted by Gasteiger charge is 2.39. The Morgan fingerprint density at radius 2 is 1.78 bits per heavy atom. The van der Waals surface area contributed by atoms with Crippen LogP contribution in [0.3, 0.4) is 0 Å². The third-order valence-electron chi connectivity index (χ3n) is 6.83. The predicted molar refractivity (Wildman–Crippen MR) is 110 cm³/mol. The number of nitrogens with zero attached hydrogens (tertiary/aromatic N) is 2. The van der Waals surface area contributed by atoms with E-state index in [9.17, 15) is 4.79 Å². The smallest absolute Gasteiger partial charge is 0.222 e. The SMILES string of the molecule is O=C(CCCN1CCC(C[C@@H]2C[C@H]2c2ccccc2)CC1)N1CCNCC1. The molecular weight excluding hydrogens is 334 g/mol. The summed E-state index contributed by atoms with van der Waals surface area (Å²) in [5.74, 6) is 3.04. The third kappa shape index (κ3) is 5.32. The Hall–Kier alpha value is -1.39. The van der Waals surface area contributed by atoms with Crippen molar-refractivity contribution < 1.29 is 4.79 Å². The van der Waals surface area contributed by atoms with E-state index in [1.165, 1.54) is 38.8 Å².